The summed E-state index contributed by atoms with van der Waals surface area (Å²) in [6.07, 6.45) is 2.27. The molecule has 0 radical (unpaired) electrons. The smallest absolute Gasteiger partial charge is 0.253 e. The number of hydrogen-bond acceptors (Lipinski definition) is 6. The van der Waals surface area contributed by atoms with Gasteiger partial charge in [0.05, 0.1) is 27.9 Å². The lowest BCUT2D eigenvalue weighted by atomic mass is 10.00. The second kappa shape index (κ2) is 8.61. The Hall–Kier alpha value is -3.03. The molecule has 1 unspecified atom stereocenters. The number of carbonyl (C=O) groups excluding carboxylic acids is 1. The molecular formula is C24H20N4OS2. The third-order valence-electron chi connectivity index (χ3n) is 5.27. The Bertz CT molecular complexity index is 1250. The summed E-state index contributed by atoms with van der Waals surface area (Å²) in [6.45, 7) is 2.07. The molecule has 0 fully saturated rings. The van der Waals surface area contributed by atoms with E-state index >= 15 is 0 Å². The quantitative estimate of drug-likeness (QED) is 0.303. The maximum atomic E-state index is 13.3. The summed E-state index contributed by atoms with van der Waals surface area (Å²) >= 11 is 3.09. The highest BCUT2D eigenvalue weighted by molar-refractivity contribution is 8.00. The lowest BCUT2D eigenvalue weighted by Crippen LogP contribution is -2.28. The van der Waals surface area contributed by atoms with Gasteiger partial charge in [0.25, 0.3) is 5.91 Å². The summed E-state index contributed by atoms with van der Waals surface area (Å²) in [5.41, 5.74) is 4.15. The van der Waals surface area contributed by atoms with Crippen LogP contribution in [0.3, 0.4) is 0 Å². The number of amides is 1. The molecule has 2 aromatic carbocycles. The molecule has 1 amide bonds. The molecule has 0 spiro atoms. The number of aryl methyl sites for hydroxylation is 1. The van der Waals surface area contributed by atoms with Gasteiger partial charge in [-0.2, -0.15) is 5.10 Å². The van der Waals surface area contributed by atoms with Gasteiger partial charge in [0.2, 0.25) is 0 Å². The van der Waals surface area contributed by atoms with Crippen molar-refractivity contribution in [2.45, 2.75) is 24.4 Å². The van der Waals surface area contributed by atoms with Crippen molar-refractivity contribution in [1.82, 2.24) is 15.0 Å². The van der Waals surface area contributed by atoms with E-state index in [1.807, 2.05) is 35.7 Å². The summed E-state index contributed by atoms with van der Waals surface area (Å²) < 4.78 is 0. The van der Waals surface area contributed by atoms with Crippen LogP contribution in [0.2, 0.25) is 0 Å². The van der Waals surface area contributed by atoms with E-state index in [0.29, 0.717) is 0 Å². The van der Waals surface area contributed by atoms with Crippen LogP contribution in [0.15, 0.2) is 82.5 Å². The Kier molecular flexibility index (Phi) is 5.53. The fourth-order valence-electron chi connectivity index (χ4n) is 3.67. The van der Waals surface area contributed by atoms with Crippen molar-refractivity contribution in [2.75, 3.05) is 5.75 Å². The molecule has 0 aliphatic carbocycles. The van der Waals surface area contributed by atoms with E-state index < -0.39 is 0 Å². The molecule has 7 heteroatoms. The molecule has 1 aliphatic heterocycles. The van der Waals surface area contributed by atoms with Crippen molar-refractivity contribution in [3.05, 3.63) is 88.4 Å². The van der Waals surface area contributed by atoms with Crippen molar-refractivity contribution in [2.24, 2.45) is 5.10 Å². The van der Waals surface area contributed by atoms with Crippen LogP contribution in [0.25, 0.3) is 10.9 Å². The first-order valence-corrected chi connectivity index (χ1v) is 11.9. The standard InChI is InChI=1S/C24H20N4OS2/c1-16-8-10-17(11-9-16)21-13-20(22-7-4-12-30-22)27-28(21)23(29)14-31-24-18-5-2-3-6-19(18)25-15-26-24/h2-12,15,21H,13-14H2,1H3. The zero-order valence-corrected chi connectivity index (χ0v) is 18.6. The molecule has 3 heterocycles. The summed E-state index contributed by atoms with van der Waals surface area (Å²) in [5, 5.41) is 10.2. The minimum atomic E-state index is -0.0899. The van der Waals surface area contributed by atoms with E-state index in [9.17, 15) is 4.79 Å². The Morgan fingerprint density at radius 2 is 1.94 bits per heavy atom. The number of para-hydroxylation sites is 1. The predicted octanol–water partition coefficient (Wildman–Crippen LogP) is 5.47. The highest BCUT2D eigenvalue weighted by atomic mass is 32.2. The SMILES string of the molecule is Cc1ccc(C2CC(c3cccs3)=NN2C(=O)CSc2ncnc3ccccc23)cc1. The van der Waals surface area contributed by atoms with Gasteiger partial charge in [-0.25, -0.2) is 15.0 Å². The van der Waals surface area contributed by atoms with Crippen molar-refractivity contribution in [3.63, 3.8) is 0 Å². The third kappa shape index (κ3) is 4.11. The first kappa shape index (κ1) is 19.9. The predicted molar refractivity (Wildman–Crippen MR) is 127 cm³/mol. The van der Waals surface area contributed by atoms with Crippen LogP contribution >= 0.6 is 23.1 Å². The van der Waals surface area contributed by atoms with Gasteiger partial charge in [-0.3, -0.25) is 4.79 Å². The lowest BCUT2D eigenvalue weighted by Gasteiger charge is -2.22. The van der Waals surface area contributed by atoms with Crippen molar-refractivity contribution >= 4 is 45.6 Å². The number of thioether (sulfide) groups is 1. The first-order valence-electron chi connectivity index (χ1n) is 10.0. The van der Waals surface area contributed by atoms with Gasteiger partial charge in [0.15, 0.2) is 0 Å². The van der Waals surface area contributed by atoms with E-state index in [1.165, 1.54) is 17.3 Å². The Morgan fingerprint density at radius 1 is 1.10 bits per heavy atom. The van der Waals surface area contributed by atoms with Crippen LogP contribution in [0, 0.1) is 6.92 Å². The average Bonchev–Trinajstić information content (AvgIpc) is 3.48. The fourth-order valence-corrected chi connectivity index (χ4v) is 5.23. The van der Waals surface area contributed by atoms with Crippen molar-refractivity contribution < 1.29 is 4.79 Å². The molecule has 0 bridgehead atoms. The molecule has 1 atom stereocenters. The van der Waals surface area contributed by atoms with E-state index in [4.69, 9.17) is 5.10 Å². The zero-order chi connectivity index (χ0) is 21.2. The van der Waals surface area contributed by atoms with Crippen molar-refractivity contribution in [1.29, 1.82) is 0 Å². The zero-order valence-electron chi connectivity index (χ0n) is 16.9. The summed E-state index contributed by atoms with van der Waals surface area (Å²) in [5.74, 6) is 0.245. The summed E-state index contributed by atoms with van der Waals surface area (Å²) in [7, 11) is 0. The van der Waals surface area contributed by atoms with Crippen LogP contribution in [0.5, 0.6) is 0 Å². The molecule has 1 aliphatic rings. The van der Waals surface area contributed by atoms with Crippen LogP contribution in [-0.4, -0.2) is 32.3 Å². The largest absolute Gasteiger partial charge is 0.272 e. The highest BCUT2D eigenvalue weighted by Crippen LogP contribution is 2.35. The number of benzene rings is 2. The highest BCUT2D eigenvalue weighted by Gasteiger charge is 2.33. The van der Waals surface area contributed by atoms with Crippen LogP contribution in [-0.2, 0) is 4.79 Å². The number of fused-ring (bicyclic) bond motifs is 1. The molecule has 4 aromatic rings. The lowest BCUT2D eigenvalue weighted by molar-refractivity contribution is -0.130. The molecule has 0 N–H and O–H groups in total. The molecule has 0 saturated carbocycles. The normalized spacial score (nSPS) is 16.0. The van der Waals surface area contributed by atoms with Crippen LogP contribution in [0.4, 0.5) is 0 Å². The number of nitrogens with zero attached hydrogens (tertiary/aromatic N) is 4. The number of hydrazone groups is 1. The van der Waals surface area contributed by atoms with E-state index in [-0.39, 0.29) is 17.7 Å². The molecule has 5 rings (SSSR count). The van der Waals surface area contributed by atoms with Gasteiger partial charge in [0, 0.05) is 11.8 Å². The number of carbonyl (C=O) groups is 1. The number of thiophene rings is 1. The first-order chi connectivity index (χ1) is 15.2. The minimum Gasteiger partial charge on any atom is -0.272 e. The van der Waals surface area contributed by atoms with Crippen LogP contribution in [0.1, 0.15) is 28.5 Å². The van der Waals surface area contributed by atoms with E-state index in [2.05, 4.69) is 47.2 Å². The van der Waals surface area contributed by atoms with Gasteiger partial charge >= 0.3 is 0 Å². The maximum absolute atomic E-state index is 13.3. The van der Waals surface area contributed by atoms with Gasteiger partial charge < -0.3 is 0 Å². The number of hydrogen-bond donors (Lipinski definition) is 0. The average molecular weight is 445 g/mol. The minimum absolute atomic E-state index is 0.0233. The van der Waals surface area contributed by atoms with Gasteiger partial charge in [0.1, 0.15) is 11.4 Å². The second-order valence-electron chi connectivity index (χ2n) is 7.38. The Labute approximate surface area is 188 Å². The third-order valence-corrected chi connectivity index (χ3v) is 7.18. The van der Waals surface area contributed by atoms with Crippen molar-refractivity contribution in [3.8, 4) is 0 Å². The number of aromatic nitrogens is 2. The van der Waals surface area contributed by atoms with E-state index in [1.54, 1.807) is 22.7 Å². The second-order valence-corrected chi connectivity index (χ2v) is 9.29. The monoisotopic (exact) mass is 444 g/mol. The maximum Gasteiger partial charge on any atom is 0.253 e. The number of rotatable bonds is 5. The molecule has 5 nitrogen and oxygen atoms in total. The molecule has 31 heavy (non-hydrogen) atoms. The molecule has 2 aromatic heterocycles. The molecular weight excluding hydrogens is 424 g/mol. The molecule has 0 saturated heterocycles. The van der Waals surface area contributed by atoms with Gasteiger partial charge in [-0.05, 0) is 30.0 Å². The van der Waals surface area contributed by atoms with Gasteiger partial charge in [-0.15, -0.1) is 11.3 Å². The van der Waals surface area contributed by atoms with E-state index in [0.717, 1.165) is 38.5 Å². The van der Waals surface area contributed by atoms with Gasteiger partial charge in [-0.1, -0.05) is 65.9 Å². The summed E-state index contributed by atoms with van der Waals surface area (Å²) in [4.78, 5) is 23.1. The van der Waals surface area contributed by atoms with Crippen LogP contribution < -0.4 is 0 Å². The summed E-state index contributed by atoms with van der Waals surface area (Å²) in [6, 6.07) is 20.2. The Balaban J connectivity index is 1.40. The fraction of sp³-hybridized carbons (Fsp3) is 0.167. The molecule has 154 valence electrons. The Morgan fingerprint density at radius 3 is 2.74 bits per heavy atom. The topological polar surface area (TPSA) is 58.5 Å².